The van der Waals surface area contributed by atoms with E-state index < -0.39 is 11.9 Å². The van der Waals surface area contributed by atoms with Crippen molar-refractivity contribution in [1.82, 2.24) is 12.3 Å². The molecule has 0 heterocycles. The molecule has 0 amide bonds. The summed E-state index contributed by atoms with van der Waals surface area (Å²) >= 11 is 0. The molecular formula is C2H8Fe2N2O4. The number of carboxylic acids is 2. The number of hydrogen-bond donors (Lipinski definition) is 4. The van der Waals surface area contributed by atoms with Crippen molar-refractivity contribution >= 4 is 11.9 Å². The van der Waals surface area contributed by atoms with Gasteiger partial charge in [0, 0.05) is 34.1 Å². The van der Waals surface area contributed by atoms with Crippen LogP contribution in [-0.4, -0.2) is 22.2 Å². The van der Waals surface area contributed by atoms with Crippen molar-refractivity contribution < 1.29 is 53.9 Å². The Hall–Kier alpha value is -0.101. The number of aliphatic carboxylic acids is 2. The fourth-order valence-corrected chi connectivity index (χ4v) is 0. The molecule has 0 atom stereocenters. The number of rotatable bonds is 0. The Morgan fingerprint density at radius 2 is 0.900 bits per heavy atom. The third kappa shape index (κ3) is 24.7. The zero-order chi connectivity index (χ0) is 5.15. The molecule has 6 nitrogen and oxygen atoms in total. The van der Waals surface area contributed by atoms with Crippen molar-refractivity contribution in [2.45, 2.75) is 0 Å². The summed E-state index contributed by atoms with van der Waals surface area (Å²) in [6, 6.07) is 0. The van der Waals surface area contributed by atoms with Gasteiger partial charge in [-0.2, -0.15) is 0 Å². The summed E-state index contributed by atoms with van der Waals surface area (Å²) in [5, 5.41) is 14.8. The Morgan fingerprint density at radius 3 is 0.900 bits per heavy atom. The molecule has 0 aliphatic rings. The normalized spacial score (nSPS) is 4.40. The van der Waals surface area contributed by atoms with E-state index in [1.807, 2.05) is 0 Å². The maximum Gasteiger partial charge on any atom is 0.414 e. The van der Waals surface area contributed by atoms with E-state index in [0.29, 0.717) is 0 Å². The molecular weight excluding hydrogens is 228 g/mol. The van der Waals surface area contributed by atoms with E-state index in [0.717, 1.165) is 0 Å². The molecule has 0 fully saturated rings. The van der Waals surface area contributed by atoms with Crippen LogP contribution in [0.5, 0.6) is 0 Å². The fraction of sp³-hybridized carbons (Fsp3) is 0. The van der Waals surface area contributed by atoms with Crippen molar-refractivity contribution in [3.8, 4) is 0 Å². The summed E-state index contributed by atoms with van der Waals surface area (Å²) in [4.78, 5) is 18.2. The van der Waals surface area contributed by atoms with E-state index in [9.17, 15) is 0 Å². The van der Waals surface area contributed by atoms with Gasteiger partial charge in [0.2, 0.25) is 0 Å². The van der Waals surface area contributed by atoms with E-state index in [1.165, 1.54) is 0 Å². The number of carboxylic acid groups (broad SMARTS) is 2. The van der Waals surface area contributed by atoms with E-state index in [4.69, 9.17) is 19.8 Å². The Kier molecular flexibility index (Phi) is 52.1. The van der Waals surface area contributed by atoms with Gasteiger partial charge in [0.1, 0.15) is 0 Å². The van der Waals surface area contributed by atoms with Crippen molar-refractivity contribution in [2.75, 3.05) is 0 Å². The van der Waals surface area contributed by atoms with Gasteiger partial charge in [0.05, 0.1) is 0 Å². The smallest absolute Gasteiger partial charge is 0.414 e. The molecule has 0 unspecified atom stereocenters. The van der Waals surface area contributed by atoms with Gasteiger partial charge in [-0.3, -0.25) is 0 Å². The first-order valence-corrected chi connectivity index (χ1v) is 1.11. The van der Waals surface area contributed by atoms with Crippen molar-refractivity contribution in [3.63, 3.8) is 0 Å². The molecule has 0 rings (SSSR count). The Labute approximate surface area is 78.5 Å². The van der Waals surface area contributed by atoms with Crippen LogP contribution in [0.3, 0.4) is 0 Å². The zero-order valence-electron chi connectivity index (χ0n) is 4.83. The monoisotopic (exact) mass is 236 g/mol. The molecule has 0 saturated carbocycles. The van der Waals surface area contributed by atoms with Crippen LogP contribution in [0.4, 0.5) is 0 Å². The van der Waals surface area contributed by atoms with E-state index in [-0.39, 0.29) is 46.4 Å². The standard InChI is InChI=1S/C2H2O4.2Fe.2H3N/c3-1(4)2(5)6;;;;/h(H,3,4)(H,5,6);;;2*1H3. The van der Waals surface area contributed by atoms with Gasteiger partial charge >= 0.3 is 11.9 Å². The van der Waals surface area contributed by atoms with Crippen molar-refractivity contribution in [3.05, 3.63) is 0 Å². The van der Waals surface area contributed by atoms with Crippen LogP contribution in [0.2, 0.25) is 0 Å². The second kappa shape index (κ2) is 16.0. The minimum Gasteiger partial charge on any atom is -0.473 e. The van der Waals surface area contributed by atoms with Gasteiger partial charge < -0.3 is 22.5 Å². The third-order valence-corrected chi connectivity index (χ3v) is 0.183. The van der Waals surface area contributed by atoms with Gasteiger partial charge in [-0.15, -0.1) is 0 Å². The molecule has 0 aromatic heterocycles. The summed E-state index contributed by atoms with van der Waals surface area (Å²) in [6.07, 6.45) is 0. The first-order valence-electron chi connectivity index (χ1n) is 1.11. The second-order valence-electron chi connectivity index (χ2n) is 0.610. The topological polar surface area (TPSA) is 145 Å². The van der Waals surface area contributed by atoms with Crippen LogP contribution in [-0.2, 0) is 43.7 Å². The Balaban J connectivity index is -0.0000000208. The minimum atomic E-state index is -1.82. The predicted molar refractivity (Wildman–Crippen MR) is 25.3 cm³/mol. The molecule has 8 N–H and O–H groups in total. The average molecular weight is 236 g/mol. The molecule has 8 heteroatoms. The molecule has 0 radical (unpaired) electrons. The fourth-order valence-electron chi connectivity index (χ4n) is 0. The van der Waals surface area contributed by atoms with E-state index in [2.05, 4.69) is 0 Å². The summed E-state index contributed by atoms with van der Waals surface area (Å²) in [6.45, 7) is 0. The molecule has 0 aromatic rings. The van der Waals surface area contributed by atoms with Crippen molar-refractivity contribution in [2.24, 2.45) is 0 Å². The van der Waals surface area contributed by atoms with Gasteiger partial charge in [0.25, 0.3) is 0 Å². The molecule has 0 saturated heterocycles. The first-order chi connectivity index (χ1) is 2.64. The van der Waals surface area contributed by atoms with Crippen LogP contribution < -0.4 is 12.3 Å². The van der Waals surface area contributed by atoms with Gasteiger partial charge in [-0.25, -0.2) is 9.59 Å². The van der Waals surface area contributed by atoms with E-state index in [1.54, 1.807) is 0 Å². The van der Waals surface area contributed by atoms with Crippen LogP contribution in [0.1, 0.15) is 0 Å². The van der Waals surface area contributed by atoms with Crippen LogP contribution in [0, 0.1) is 0 Å². The molecule has 0 aromatic carbocycles. The summed E-state index contributed by atoms with van der Waals surface area (Å²) in [7, 11) is 0. The first kappa shape index (κ1) is 32.7. The molecule has 10 heavy (non-hydrogen) atoms. The molecule has 0 aliphatic carbocycles. The quantitative estimate of drug-likeness (QED) is 0.328. The van der Waals surface area contributed by atoms with Crippen molar-refractivity contribution in [1.29, 1.82) is 0 Å². The second-order valence-corrected chi connectivity index (χ2v) is 0.610. The summed E-state index contributed by atoms with van der Waals surface area (Å²) < 4.78 is 0. The molecule has 0 aliphatic heterocycles. The van der Waals surface area contributed by atoms with Crippen LogP contribution in [0.15, 0.2) is 0 Å². The third-order valence-electron chi connectivity index (χ3n) is 0.183. The van der Waals surface area contributed by atoms with Crippen LogP contribution >= 0.6 is 0 Å². The average Bonchev–Trinajstić information content (AvgIpc) is 1.36. The SMILES string of the molecule is N.N.O=C(O)C(=O)O.[Fe].[Fe]. The van der Waals surface area contributed by atoms with Gasteiger partial charge in [0.15, 0.2) is 0 Å². The number of hydrogen-bond acceptors (Lipinski definition) is 4. The molecule has 0 spiro atoms. The minimum absolute atomic E-state index is 0. The summed E-state index contributed by atoms with van der Waals surface area (Å²) in [5.74, 6) is -3.65. The molecule has 66 valence electrons. The maximum atomic E-state index is 9.10. The maximum absolute atomic E-state index is 9.10. The number of carbonyl (C=O) groups is 2. The predicted octanol–water partition coefficient (Wildman–Crippen LogP) is -0.525. The van der Waals surface area contributed by atoms with Gasteiger partial charge in [-0.05, 0) is 0 Å². The largest absolute Gasteiger partial charge is 0.473 e. The Morgan fingerprint density at radius 1 is 0.800 bits per heavy atom. The van der Waals surface area contributed by atoms with Crippen LogP contribution in [0.25, 0.3) is 0 Å². The summed E-state index contributed by atoms with van der Waals surface area (Å²) in [5.41, 5.74) is 0. The zero-order valence-corrected chi connectivity index (χ0v) is 7.04. The molecule has 0 bridgehead atoms. The van der Waals surface area contributed by atoms with E-state index >= 15 is 0 Å². The van der Waals surface area contributed by atoms with Gasteiger partial charge in [-0.1, -0.05) is 0 Å². The Bertz CT molecular complexity index is 85.3.